The molecule has 0 aliphatic carbocycles. The molecule has 2 heteroatoms. The molecule has 0 fully saturated rings. The molecule has 0 radical (unpaired) electrons. The molecule has 0 bridgehead atoms. The van der Waals surface area contributed by atoms with Gasteiger partial charge in [0.05, 0.1) is 0 Å². The lowest BCUT2D eigenvalue weighted by Crippen LogP contribution is -2.37. The molecule has 0 aliphatic heterocycles. The van der Waals surface area contributed by atoms with Gasteiger partial charge in [-0.3, -0.25) is 0 Å². The Morgan fingerprint density at radius 2 is 1.47 bits per heavy atom. The zero-order chi connectivity index (χ0) is 11.6. The molecule has 15 heavy (non-hydrogen) atoms. The fourth-order valence-corrected chi connectivity index (χ4v) is 1.48. The zero-order valence-corrected chi connectivity index (χ0v) is 11.2. The molecular formula is C13H30N2. The van der Waals surface area contributed by atoms with E-state index in [-0.39, 0.29) is 5.54 Å². The summed E-state index contributed by atoms with van der Waals surface area (Å²) >= 11 is 0. The molecule has 0 aromatic rings. The van der Waals surface area contributed by atoms with E-state index in [2.05, 4.69) is 38.3 Å². The molecule has 0 rings (SSSR count). The first kappa shape index (κ1) is 14.9. The molecule has 2 nitrogen and oxygen atoms in total. The van der Waals surface area contributed by atoms with Crippen LogP contribution in [0.5, 0.6) is 0 Å². The highest BCUT2D eigenvalue weighted by molar-refractivity contribution is 4.69. The second-order valence-corrected chi connectivity index (χ2v) is 5.34. The van der Waals surface area contributed by atoms with E-state index in [0.717, 1.165) is 13.1 Å². The minimum Gasteiger partial charge on any atom is -0.317 e. The molecule has 0 saturated carbocycles. The average Bonchev–Trinajstić information content (AvgIpc) is 2.14. The van der Waals surface area contributed by atoms with Crippen molar-refractivity contribution in [2.45, 2.75) is 65.3 Å². The molecule has 0 aromatic carbocycles. The molecule has 2 N–H and O–H groups in total. The Morgan fingerprint density at radius 1 is 0.800 bits per heavy atom. The molecule has 0 atom stereocenters. The third kappa shape index (κ3) is 13.9. The first-order valence-electron chi connectivity index (χ1n) is 6.52. The van der Waals surface area contributed by atoms with E-state index in [1.165, 1.54) is 38.6 Å². The molecule has 0 saturated heterocycles. The quantitative estimate of drug-likeness (QED) is 0.577. The van der Waals surface area contributed by atoms with Crippen LogP contribution in [0.1, 0.15) is 59.8 Å². The fourth-order valence-electron chi connectivity index (χ4n) is 1.48. The maximum Gasteiger partial charge on any atom is 0.00965 e. The SMILES string of the molecule is CCCCCCNCCCNC(C)(C)C. The molecule has 0 spiro atoms. The predicted octanol–water partition coefficient (Wildman–Crippen LogP) is 2.93. The Morgan fingerprint density at radius 3 is 2.07 bits per heavy atom. The summed E-state index contributed by atoms with van der Waals surface area (Å²) < 4.78 is 0. The van der Waals surface area contributed by atoms with Gasteiger partial charge in [-0.05, 0) is 53.2 Å². The predicted molar refractivity (Wildman–Crippen MR) is 69.4 cm³/mol. The lowest BCUT2D eigenvalue weighted by molar-refractivity contribution is 0.418. The Labute approximate surface area is 96.2 Å². The number of hydrogen-bond acceptors (Lipinski definition) is 2. The van der Waals surface area contributed by atoms with Gasteiger partial charge in [0, 0.05) is 5.54 Å². The Balaban J connectivity index is 2.99. The number of nitrogens with one attached hydrogen (secondary N) is 2. The van der Waals surface area contributed by atoms with Crippen LogP contribution in [-0.4, -0.2) is 25.2 Å². The molecule has 0 amide bonds. The fraction of sp³-hybridized carbons (Fsp3) is 1.00. The van der Waals surface area contributed by atoms with Crippen LogP contribution in [0.25, 0.3) is 0 Å². The number of rotatable bonds is 9. The van der Waals surface area contributed by atoms with Gasteiger partial charge in [0.1, 0.15) is 0 Å². The van der Waals surface area contributed by atoms with E-state index in [9.17, 15) is 0 Å². The summed E-state index contributed by atoms with van der Waals surface area (Å²) in [6, 6.07) is 0. The average molecular weight is 214 g/mol. The largest absolute Gasteiger partial charge is 0.317 e. The van der Waals surface area contributed by atoms with Crippen molar-refractivity contribution in [1.82, 2.24) is 10.6 Å². The normalized spacial score (nSPS) is 12.0. The highest BCUT2D eigenvalue weighted by Crippen LogP contribution is 1.98. The third-order valence-corrected chi connectivity index (χ3v) is 2.39. The van der Waals surface area contributed by atoms with E-state index in [0.29, 0.717) is 0 Å². The first-order chi connectivity index (χ1) is 7.06. The summed E-state index contributed by atoms with van der Waals surface area (Å²) in [7, 11) is 0. The van der Waals surface area contributed by atoms with Crippen LogP contribution in [0.3, 0.4) is 0 Å². The second kappa shape index (κ2) is 9.17. The van der Waals surface area contributed by atoms with Gasteiger partial charge in [0.15, 0.2) is 0 Å². The van der Waals surface area contributed by atoms with Crippen LogP contribution in [0.4, 0.5) is 0 Å². The first-order valence-corrected chi connectivity index (χ1v) is 6.52. The minimum absolute atomic E-state index is 0.265. The van der Waals surface area contributed by atoms with Crippen LogP contribution in [0.15, 0.2) is 0 Å². The van der Waals surface area contributed by atoms with Crippen molar-refractivity contribution in [3.63, 3.8) is 0 Å². The second-order valence-electron chi connectivity index (χ2n) is 5.34. The molecule has 92 valence electrons. The lowest BCUT2D eigenvalue weighted by atomic mass is 10.1. The van der Waals surface area contributed by atoms with Crippen molar-refractivity contribution >= 4 is 0 Å². The molecule has 0 unspecified atom stereocenters. The van der Waals surface area contributed by atoms with Crippen molar-refractivity contribution in [3.8, 4) is 0 Å². The number of unbranched alkanes of at least 4 members (excludes halogenated alkanes) is 3. The minimum atomic E-state index is 0.265. The van der Waals surface area contributed by atoms with Crippen LogP contribution in [-0.2, 0) is 0 Å². The van der Waals surface area contributed by atoms with Crippen molar-refractivity contribution in [2.24, 2.45) is 0 Å². The third-order valence-electron chi connectivity index (χ3n) is 2.39. The van der Waals surface area contributed by atoms with E-state index >= 15 is 0 Å². The van der Waals surface area contributed by atoms with Crippen molar-refractivity contribution in [2.75, 3.05) is 19.6 Å². The van der Waals surface area contributed by atoms with Gasteiger partial charge in [-0.15, -0.1) is 0 Å². The van der Waals surface area contributed by atoms with Gasteiger partial charge in [-0.25, -0.2) is 0 Å². The van der Waals surface area contributed by atoms with Crippen LogP contribution in [0, 0.1) is 0 Å². The van der Waals surface area contributed by atoms with E-state index in [4.69, 9.17) is 0 Å². The van der Waals surface area contributed by atoms with Gasteiger partial charge in [-0.2, -0.15) is 0 Å². The maximum absolute atomic E-state index is 3.49. The Bertz CT molecular complexity index is 127. The summed E-state index contributed by atoms with van der Waals surface area (Å²) in [5, 5.41) is 6.98. The Kier molecular flexibility index (Phi) is 9.12. The highest BCUT2D eigenvalue weighted by atomic mass is 14.9. The van der Waals surface area contributed by atoms with Crippen LogP contribution in [0.2, 0.25) is 0 Å². The van der Waals surface area contributed by atoms with Crippen LogP contribution >= 0.6 is 0 Å². The standard InChI is InChI=1S/C13H30N2/c1-5-6-7-8-10-14-11-9-12-15-13(2,3)4/h14-15H,5-12H2,1-4H3. The van der Waals surface area contributed by atoms with Gasteiger partial charge < -0.3 is 10.6 Å². The van der Waals surface area contributed by atoms with Crippen molar-refractivity contribution in [1.29, 1.82) is 0 Å². The van der Waals surface area contributed by atoms with Crippen molar-refractivity contribution in [3.05, 3.63) is 0 Å². The van der Waals surface area contributed by atoms with E-state index in [1.807, 2.05) is 0 Å². The molecule has 0 aromatic heterocycles. The topological polar surface area (TPSA) is 24.1 Å². The van der Waals surface area contributed by atoms with Crippen LogP contribution < -0.4 is 10.6 Å². The summed E-state index contributed by atoms with van der Waals surface area (Å²) in [5.74, 6) is 0. The number of hydrogen-bond donors (Lipinski definition) is 2. The molecular weight excluding hydrogens is 184 g/mol. The molecule has 0 aliphatic rings. The monoisotopic (exact) mass is 214 g/mol. The summed E-state index contributed by atoms with van der Waals surface area (Å²) in [4.78, 5) is 0. The Hall–Kier alpha value is -0.0800. The van der Waals surface area contributed by atoms with Gasteiger partial charge in [-0.1, -0.05) is 26.2 Å². The van der Waals surface area contributed by atoms with E-state index < -0.39 is 0 Å². The zero-order valence-electron chi connectivity index (χ0n) is 11.2. The van der Waals surface area contributed by atoms with Crippen molar-refractivity contribution < 1.29 is 0 Å². The smallest absolute Gasteiger partial charge is 0.00965 e. The van der Waals surface area contributed by atoms with Gasteiger partial charge in [0.2, 0.25) is 0 Å². The molecule has 0 heterocycles. The summed E-state index contributed by atoms with van der Waals surface area (Å²) in [6.45, 7) is 12.4. The maximum atomic E-state index is 3.49. The highest BCUT2D eigenvalue weighted by Gasteiger charge is 2.06. The van der Waals surface area contributed by atoms with Gasteiger partial charge >= 0.3 is 0 Å². The van der Waals surface area contributed by atoms with Gasteiger partial charge in [0.25, 0.3) is 0 Å². The van der Waals surface area contributed by atoms with E-state index in [1.54, 1.807) is 0 Å². The summed E-state index contributed by atoms with van der Waals surface area (Å²) in [6.07, 6.45) is 6.65. The summed E-state index contributed by atoms with van der Waals surface area (Å²) in [5.41, 5.74) is 0.265. The lowest BCUT2D eigenvalue weighted by Gasteiger charge is -2.20.